The van der Waals surface area contributed by atoms with Crippen LogP contribution < -0.4 is 19.1 Å². The largest absolute Gasteiger partial charge is 0.493 e. The van der Waals surface area contributed by atoms with Crippen LogP contribution in [0.4, 0.5) is 5.69 Å². The van der Waals surface area contributed by atoms with Crippen molar-refractivity contribution >= 4 is 27.5 Å². The smallest absolute Gasteiger partial charge is 0.264 e. The third kappa shape index (κ3) is 8.66. The zero-order chi connectivity index (χ0) is 33.1. The summed E-state index contributed by atoms with van der Waals surface area (Å²) in [7, 11) is -1.30. The number of nitrogens with zero attached hydrogens (tertiary/aromatic N) is 2. The Morgan fingerprint density at radius 2 is 1.33 bits per heavy atom. The van der Waals surface area contributed by atoms with Gasteiger partial charge in [0.2, 0.25) is 11.8 Å². The minimum Gasteiger partial charge on any atom is -0.493 e. The van der Waals surface area contributed by atoms with Gasteiger partial charge in [-0.15, -0.1) is 0 Å². The molecule has 0 radical (unpaired) electrons. The van der Waals surface area contributed by atoms with Crippen LogP contribution in [0.5, 0.6) is 11.5 Å². The SMILES string of the molecule is COc1ccc(N(CC(=O)N(Cc2ccccc2)[C@@H](Cc2ccccc2)C(=O)NCC(C)C)S(=O)(=O)c2ccccc2)cc1OC. The zero-order valence-electron chi connectivity index (χ0n) is 26.6. The molecule has 0 spiro atoms. The maximum Gasteiger partial charge on any atom is 0.264 e. The first kappa shape index (κ1) is 34.1. The van der Waals surface area contributed by atoms with E-state index in [1.165, 1.54) is 37.3 Å². The molecule has 0 aromatic heterocycles. The van der Waals surface area contributed by atoms with E-state index >= 15 is 0 Å². The molecule has 0 fully saturated rings. The molecule has 0 saturated heterocycles. The van der Waals surface area contributed by atoms with Crippen molar-refractivity contribution in [3.05, 3.63) is 120 Å². The lowest BCUT2D eigenvalue weighted by molar-refractivity contribution is -0.140. The fourth-order valence-electron chi connectivity index (χ4n) is 4.99. The molecule has 0 saturated carbocycles. The van der Waals surface area contributed by atoms with Crippen molar-refractivity contribution in [1.29, 1.82) is 0 Å². The van der Waals surface area contributed by atoms with Gasteiger partial charge in [-0.3, -0.25) is 13.9 Å². The Morgan fingerprint density at radius 3 is 1.89 bits per heavy atom. The lowest BCUT2D eigenvalue weighted by Gasteiger charge is -2.34. The molecule has 4 aromatic rings. The van der Waals surface area contributed by atoms with Gasteiger partial charge < -0.3 is 19.7 Å². The van der Waals surface area contributed by atoms with Crippen LogP contribution in [0.3, 0.4) is 0 Å². The summed E-state index contributed by atoms with van der Waals surface area (Å²) >= 11 is 0. The number of hydrogen-bond donors (Lipinski definition) is 1. The van der Waals surface area contributed by atoms with Gasteiger partial charge in [0, 0.05) is 25.6 Å². The summed E-state index contributed by atoms with van der Waals surface area (Å²) in [4.78, 5) is 29.9. The minimum atomic E-state index is -4.24. The second-order valence-electron chi connectivity index (χ2n) is 11.2. The van der Waals surface area contributed by atoms with E-state index in [-0.39, 0.29) is 35.4 Å². The number of amides is 2. The van der Waals surface area contributed by atoms with Crippen LogP contribution in [0.25, 0.3) is 0 Å². The molecular formula is C36H41N3O6S. The Bertz CT molecular complexity index is 1680. The number of carbonyl (C=O) groups is 2. The van der Waals surface area contributed by atoms with Crippen molar-refractivity contribution in [3.63, 3.8) is 0 Å². The number of rotatable bonds is 15. The fraction of sp³-hybridized carbons (Fsp3) is 0.278. The van der Waals surface area contributed by atoms with Crippen LogP contribution in [0.1, 0.15) is 25.0 Å². The Balaban J connectivity index is 1.81. The second kappa shape index (κ2) is 15.9. The van der Waals surface area contributed by atoms with Crippen molar-refractivity contribution in [1.82, 2.24) is 10.2 Å². The van der Waals surface area contributed by atoms with E-state index in [2.05, 4.69) is 5.32 Å². The molecule has 0 aliphatic rings. The Hall–Kier alpha value is -4.83. The summed E-state index contributed by atoms with van der Waals surface area (Å²) in [6, 6.07) is 30.5. The second-order valence-corrected chi connectivity index (χ2v) is 13.1. The molecule has 242 valence electrons. The van der Waals surface area contributed by atoms with E-state index in [9.17, 15) is 18.0 Å². The monoisotopic (exact) mass is 643 g/mol. The maximum absolute atomic E-state index is 14.5. The van der Waals surface area contributed by atoms with E-state index < -0.39 is 28.5 Å². The van der Waals surface area contributed by atoms with Gasteiger partial charge in [-0.1, -0.05) is 92.7 Å². The molecule has 4 aromatic carbocycles. The Morgan fingerprint density at radius 1 is 0.761 bits per heavy atom. The summed E-state index contributed by atoms with van der Waals surface area (Å²) in [5, 5.41) is 3.00. The van der Waals surface area contributed by atoms with Crippen LogP contribution >= 0.6 is 0 Å². The number of sulfonamides is 1. The molecule has 1 atom stereocenters. The molecule has 0 bridgehead atoms. The number of ether oxygens (including phenoxy) is 2. The van der Waals surface area contributed by atoms with E-state index in [1.54, 1.807) is 30.3 Å². The van der Waals surface area contributed by atoms with Crippen LogP contribution in [-0.4, -0.2) is 58.5 Å². The first-order valence-corrected chi connectivity index (χ1v) is 16.5. The molecule has 1 N–H and O–H groups in total. The zero-order valence-corrected chi connectivity index (χ0v) is 27.4. The summed E-state index contributed by atoms with van der Waals surface area (Å²) in [6.45, 7) is 3.95. The van der Waals surface area contributed by atoms with Crippen molar-refractivity contribution in [3.8, 4) is 11.5 Å². The van der Waals surface area contributed by atoms with Crippen LogP contribution in [-0.2, 0) is 32.6 Å². The standard InChI is InChI=1S/C36H41N3O6S/c1-27(2)24-37-36(41)32(22-28-14-8-5-9-15-28)38(25-29-16-10-6-11-17-29)35(40)26-39(46(42,43)31-18-12-7-13-19-31)30-20-21-33(44-3)34(23-30)45-4/h5-21,23,27,32H,22,24-26H2,1-4H3,(H,37,41)/t32-/m0/s1. The minimum absolute atomic E-state index is 0.0164. The Kier molecular flexibility index (Phi) is 11.8. The number of benzene rings is 4. The molecule has 0 heterocycles. The van der Waals surface area contributed by atoms with E-state index in [0.29, 0.717) is 18.0 Å². The molecule has 9 nitrogen and oxygen atoms in total. The number of methoxy groups -OCH3 is 2. The third-order valence-electron chi connectivity index (χ3n) is 7.42. The van der Waals surface area contributed by atoms with Crippen LogP contribution in [0.2, 0.25) is 0 Å². The fourth-order valence-corrected chi connectivity index (χ4v) is 6.41. The number of carbonyl (C=O) groups excluding carboxylic acids is 2. The lowest BCUT2D eigenvalue weighted by Crippen LogP contribution is -2.53. The van der Waals surface area contributed by atoms with Gasteiger partial charge in [0.15, 0.2) is 11.5 Å². The predicted octanol–water partition coefficient (Wildman–Crippen LogP) is 5.31. The van der Waals surface area contributed by atoms with Gasteiger partial charge >= 0.3 is 0 Å². The van der Waals surface area contributed by atoms with Crippen LogP contribution in [0.15, 0.2) is 114 Å². The van der Waals surface area contributed by atoms with Crippen molar-refractivity contribution in [2.75, 3.05) is 31.6 Å². The molecule has 4 rings (SSSR count). The van der Waals surface area contributed by atoms with Gasteiger partial charge in [-0.2, -0.15) is 0 Å². The van der Waals surface area contributed by atoms with E-state index in [0.717, 1.165) is 15.4 Å². The summed E-state index contributed by atoms with van der Waals surface area (Å²) in [5.74, 6) is 0.0438. The molecule has 0 aliphatic carbocycles. The quantitative estimate of drug-likeness (QED) is 0.188. The molecular weight excluding hydrogens is 602 g/mol. The van der Waals surface area contributed by atoms with Gasteiger partial charge in [0.25, 0.3) is 10.0 Å². The topological polar surface area (TPSA) is 105 Å². The van der Waals surface area contributed by atoms with Gasteiger partial charge in [0.05, 0.1) is 24.8 Å². The van der Waals surface area contributed by atoms with E-state index in [1.807, 2.05) is 74.5 Å². The molecule has 10 heteroatoms. The normalized spacial score (nSPS) is 11.8. The third-order valence-corrected chi connectivity index (χ3v) is 9.20. The first-order valence-electron chi connectivity index (χ1n) is 15.1. The van der Waals surface area contributed by atoms with Crippen molar-refractivity contribution in [2.24, 2.45) is 5.92 Å². The highest BCUT2D eigenvalue weighted by Gasteiger charge is 2.35. The average Bonchev–Trinajstić information content (AvgIpc) is 3.08. The summed E-state index contributed by atoms with van der Waals surface area (Å²) in [5.41, 5.74) is 1.87. The maximum atomic E-state index is 14.5. The highest BCUT2D eigenvalue weighted by Crippen LogP contribution is 2.34. The lowest BCUT2D eigenvalue weighted by atomic mass is 10.0. The molecule has 2 amide bonds. The average molecular weight is 644 g/mol. The molecule has 0 unspecified atom stereocenters. The number of anilines is 1. The number of nitrogens with one attached hydrogen (secondary N) is 1. The first-order chi connectivity index (χ1) is 22.1. The van der Waals surface area contributed by atoms with Gasteiger partial charge in [0.1, 0.15) is 12.6 Å². The highest BCUT2D eigenvalue weighted by molar-refractivity contribution is 7.92. The van der Waals surface area contributed by atoms with Crippen molar-refractivity contribution in [2.45, 2.75) is 37.8 Å². The molecule has 0 aliphatic heterocycles. The van der Waals surface area contributed by atoms with Crippen LogP contribution in [0, 0.1) is 5.92 Å². The summed E-state index contributed by atoms with van der Waals surface area (Å²) < 4.78 is 40.2. The van der Waals surface area contributed by atoms with Crippen molar-refractivity contribution < 1.29 is 27.5 Å². The van der Waals surface area contributed by atoms with Gasteiger partial charge in [-0.05, 0) is 41.3 Å². The summed E-state index contributed by atoms with van der Waals surface area (Å²) in [6.07, 6.45) is 0.241. The Labute approximate surface area is 271 Å². The number of hydrogen-bond acceptors (Lipinski definition) is 6. The highest BCUT2D eigenvalue weighted by atomic mass is 32.2. The van der Waals surface area contributed by atoms with E-state index in [4.69, 9.17) is 9.47 Å². The predicted molar refractivity (Wildman–Crippen MR) is 179 cm³/mol. The van der Waals surface area contributed by atoms with Gasteiger partial charge in [-0.25, -0.2) is 8.42 Å². The molecule has 46 heavy (non-hydrogen) atoms.